The van der Waals surface area contributed by atoms with Crippen LogP contribution >= 0.6 is 0 Å². The van der Waals surface area contributed by atoms with Crippen molar-refractivity contribution in [1.82, 2.24) is 15.5 Å². The van der Waals surface area contributed by atoms with E-state index < -0.39 is 67.6 Å². The Kier molecular flexibility index (Phi) is 14.3. The molecule has 0 aromatic heterocycles. The van der Waals surface area contributed by atoms with Crippen molar-refractivity contribution in [3.63, 3.8) is 0 Å². The molecule has 0 saturated carbocycles. The average Bonchev–Trinajstić information content (AvgIpc) is 2.96. The molecule has 2 rings (SSSR count). The van der Waals surface area contributed by atoms with Crippen molar-refractivity contribution in [3.05, 3.63) is 71.8 Å². The number of carboxylic acids is 1. The molecule has 15 nitrogen and oxygen atoms in total. The van der Waals surface area contributed by atoms with Gasteiger partial charge in [-0.3, -0.25) is 25.0 Å². The van der Waals surface area contributed by atoms with Crippen LogP contribution < -0.4 is 10.6 Å². The lowest BCUT2D eigenvalue weighted by molar-refractivity contribution is -0.152. The minimum absolute atomic E-state index is 0.0567. The summed E-state index contributed by atoms with van der Waals surface area (Å²) in [5.74, 6) is -3.64. The highest BCUT2D eigenvalue weighted by atomic mass is 16.7. The number of alkyl carbamates (subject to hydrolysis) is 2. The number of amides is 3. The fourth-order valence-corrected chi connectivity index (χ4v) is 3.53. The van der Waals surface area contributed by atoms with E-state index in [1.54, 1.807) is 60.7 Å². The summed E-state index contributed by atoms with van der Waals surface area (Å²) in [5, 5.41) is 13.8. The average molecular weight is 615 g/mol. The van der Waals surface area contributed by atoms with Gasteiger partial charge in [0.05, 0.1) is 18.9 Å². The number of carbonyl (C=O) groups excluding carboxylic acids is 5. The Morgan fingerprint density at radius 3 is 1.59 bits per heavy atom. The third-order valence-corrected chi connectivity index (χ3v) is 5.81. The maximum atomic E-state index is 12.3. The first-order valence-corrected chi connectivity index (χ1v) is 13.2. The number of carbonyl (C=O) groups is 6. The zero-order valence-electron chi connectivity index (χ0n) is 24.4. The fraction of sp³-hybridized carbons (Fsp3) is 0.345. The van der Waals surface area contributed by atoms with Crippen molar-refractivity contribution in [1.29, 1.82) is 0 Å². The second-order valence-electron chi connectivity index (χ2n) is 9.25. The molecule has 0 fully saturated rings. The quantitative estimate of drug-likeness (QED) is 0.129. The molecule has 0 aliphatic carbocycles. The molecular weight excluding hydrogens is 580 g/mol. The number of likely N-dealkylation sites (N-methyl/N-ethyl adjacent to an activating group) is 1. The van der Waals surface area contributed by atoms with Crippen molar-refractivity contribution < 1.29 is 52.8 Å². The summed E-state index contributed by atoms with van der Waals surface area (Å²) in [5.41, 5.74) is 1.38. The zero-order chi connectivity index (χ0) is 32.5. The molecular formula is C29H34N4O11. The predicted octanol–water partition coefficient (Wildman–Crippen LogP) is 1.99. The van der Waals surface area contributed by atoms with Gasteiger partial charge >= 0.3 is 30.1 Å². The van der Waals surface area contributed by atoms with E-state index in [1.807, 2.05) is 0 Å². The topological polar surface area (TPSA) is 199 Å². The van der Waals surface area contributed by atoms with Crippen molar-refractivity contribution >= 4 is 42.0 Å². The van der Waals surface area contributed by atoms with E-state index in [1.165, 1.54) is 20.9 Å². The van der Waals surface area contributed by atoms with E-state index in [0.29, 0.717) is 11.1 Å². The maximum Gasteiger partial charge on any atom is 0.416 e. The molecule has 2 unspecified atom stereocenters. The number of benzene rings is 2. The Morgan fingerprint density at radius 1 is 0.773 bits per heavy atom. The highest BCUT2D eigenvalue weighted by Gasteiger charge is 2.27. The molecule has 0 bridgehead atoms. The molecule has 0 radical (unpaired) electrons. The van der Waals surface area contributed by atoms with Gasteiger partial charge < -0.3 is 29.0 Å². The Balaban J connectivity index is 1.98. The van der Waals surface area contributed by atoms with Crippen LogP contribution in [0.1, 0.15) is 31.4 Å². The number of hydrogen-bond acceptors (Lipinski definition) is 11. The van der Waals surface area contributed by atoms with Crippen LogP contribution in [0.15, 0.2) is 65.7 Å². The van der Waals surface area contributed by atoms with Crippen molar-refractivity contribution in [3.8, 4) is 0 Å². The summed E-state index contributed by atoms with van der Waals surface area (Å²) in [6, 6.07) is 15.3. The highest BCUT2D eigenvalue weighted by Crippen LogP contribution is 2.10. The number of nitrogens with one attached hydrogen (secondary N) is 2. The van der Waals surface area contributed by atoms with Gasteiger partial charge in [-0.25, -0.2) is 19.4 Å². The molecule has 0 spiro atoms. The molecule has 0 aliphatic rings. The minimum atomic E-state index is -1.29. The summed E-state index contributed by atoms with van der Waals surface area (Å²) in [6.07, 6.45) is -2.68. The zero-order valence-corrected chi connectivity index (χ0v) is 24.4. The summed E-state index contributed by atoms with van der Waals surface area (Å²) < 4.78 is 19.4. The number of guanidine groups is 1. The van der Waals surface area contributed by atoms with Crippen LogP contribution in [0.3, 0.4) is 0 Å². The number of aliphatic imine (C=N–C) groups is 1. The molecule has 0 saturated heterocycles. The van der Waals surface area contributed by atoms with Gasteiger partial charge in [-0.1, -0.05) is 60.7 Å². The number of aliphatic carboxylic acids is 1. The molecule has 0 heterocycles. The molecule has 3 amide bonds. The molecule has 2 atom stereocenters. The first-order chi connectivity index (χ1) is 20.9. The number of rotatable bonds is 13. The minimum Gasteiger partial charge on any atom is -0.480 e. The Labute approximate surface area is 253 Å². The van der Waals surface area contributed by atoms with Gasteiger partial charge in [0.1, 0.15) is 6.04 Å². The lowest BCUT2D eigenvalue weighted by atomic mass is 10.1. The lowest BCUT2D eigenvalue weighted by Gasteiger charge is -2.25. The largest absolute Gasteiger partial charge is 0.480 e. The van der Waals surface area contributed by atoms with Crippen LogP contribution in [0.5, 0.6) is 0 Å². The first kappa shape index (κ1) is 34.7. The predicted molar refractivity (Wildman–Crippen MR) is 153 cm³/mol. The molecule has 2 aromatic carbocycles. The number of nitrogens with zero attached hydrogens (tertiary/aromatic N) is 2. The Morgan fingerprint density at radius 2 is 1.20 bits per heavy atom. The van der Waals surface area contributed by atoms with E-state index >= 15 is 0 Å². The number of ether oxygens (including phenoxy) is 4. The van der Waals surface area contributed by atoms with Gasteiger partial charge in [0.25, 0.3) is 0 Å². The second kappa shape index (κ2) is 18.1. The fourth-order valence-electron chi connectivity index (χ4n) is 3.53. The highest BCUT2D eigenvalue weighted by molar-refractivity contribution is 6.01. The van der Waals surface area contributed by atoms with Crippen LogP contribution in [0.4, 0.5) is 9.59 Å². The summed E-state index contributed by atoms with van der Waals surface area (Å²) >= 11 is 0. The first-order valence-electron chi connectivity index (χ1n) is 13.2. The van der Waals surface area contributed by atoms with Crippen LogP contribution in [0, 0.1) is 0 Å². The molecule has 3 N–H and O–H groups in total. The second-order valence-corrected chi connectivity index (χ2v) is 9.25. The van der Waals surface area contributed by atoms with E-state index in [0.717, 1.165) is 4.90 Å². The SMILES string of the molecule is CC(=O)N(C)C(CC(C)N=C(NC(=O)OCOC(=O)Cc1ccccc1)NC(=O)OCOC(=O)Cc1ccccc1)C(=O)O. The molecule has 44 heavy (non-hydrogen) atoms. The summed E-state index contributed by atoms with van der Waals surface area (Å²) in [6.45, 7) is 1.16. The molecule has 0 aliphatic heterocycles. The summed E-state index contributed by atoms with van der Waals surface area (Å²) in [4.78, 5) is 77.1. The third-order valence-electron chi connectivity index (χ3n) is 5.81. The van der Waals surface area contributed by atoms with E-state index in [4.69, 9.17) is 18.9 Å². The van der Waals surface area contributed by atoms with Gasteiger partial charge in [-0.15, -0.1) is 0 Å². The monoisotopic (exact) mass is 614 g/mol. The van der Waals surface area contributed by atoms with E-state index in [-0.39, 0.29) is 19.3 Å². The van der Waals surface area contributed by atoms with Gasteiger partial charge in [-0.05, 0) is 18.1 Å². The van der Waals surface area contributed by atoms with Gasteiger partial charge in [0, 0.05) is 20.4 Å². The van der Waals surface area contributed by atoms with Crippen LogP contribution in [0.25, 0.3) is 0 Å². The van der Waals surface area contributed by atoms with E-state index in [9.17, 15) is 33.9 Å². The van der Waals surface area contributed by atoms with Crippen LogP contribution in [-0.4, -0.2) is 84.7 Å². The van der Waals surface area contributed by atoms with Gasteiger partial charge in [0.2, 0.25) is 25.5 Å². The molecule has 2 aromatic rings. The number of hydrogen-bond donors (Lipinski definition) is 3. The summed E-state index contributed by atoms with van der Waals surface area (Å²) in [7, 11) is 1.31. The van der Waals surface area contributed by atoms with Gasteiger partial charge in [0.15, 0.2) is 0 Å². The van der Waals surface area contributed by atoms with Crippen molar-refractivity contribution in [2.45, 2.75) is 45.2 Å². The molecule has 15 heteroatoms. The standard InChI is InChI=1S/C29H34N4O11/c1-19(14-23(26(37)38)33(3)20(2)34)30-27(31-28(39)43-17-41-24(35)15-21-10-6-4-7-11-21)32-29(40)44-18-42-25(36)16-22-12-8-5-9-13-22/h4-13,19,23H,14-18H2,1-3H3,(H,37,38)(H2,30,31,32,39,40). The number of carboxylic acid groups (broad SMARTS) is 1. The van der Waals surface area contributed by atoms with Crippen LogP contribution in [-0.2, 0) is 51.0 Å². The Bertz CT molecular complexity index is 1240. The smallest absolute Gasteiger partial charge is 0.416 e. The van der Waals surface area contributed by atoms with Crippen molar-refractivity contribution in [2.24, 2.45) is 4.99 Å². The normalized spacial score (nSPS) is 11.5. The third kappa shape index (κ3) is 13.5. The lowest BCUT2D eigenvalue weighted by Crippen LogP contribution is -2.46. The molecule has 236 valence electrons. The maximum absolute atomic E-state index is 12.3. The van der Waals surface area contributed by atoms with Crippen molar-refractivity contribution in [2.75, 3.05) is 20.6 Å². The van der Waals surface area contributed by atoms with E-state index in [2.05, 4.69) is 15.6 Å². The Hall–Kier alpha value is -5.47. The number of esters is 2. The van der Waals surface area contributed by atoms with Crippen LogP contribution in [0.2, 0.25) is 0 Å². The van der Waals surface area contributed by atoms with Gasteiger partial charge in [-0.2, -0.15) is 0 Å².